The number of nitrogens with one attached hydrogen (secondary N) is 1. The zero-order chi connectivity index (χ0) is 12.2. The Labute approximate surface area is 98.3 Å². The molecule has 0 aromatic carbocycles. The molecule has 1 heterocycles. The second-order valence-electron chi connectivity index (χ2n) is 3.07. The fourth-order valence-electron chi connectivity index (χ4n) is 0.985. The minimum absolute atomic E-state index is 0.0957. The first-order chi connectivity index (χ1) is 7.38. The Hall–Kier alpha value is -1.12. The maximum absolute atomic E-state index is 10.6. The van der Waals surface area contributed by atoms with Gasteiger partial charge in [-0.05, 0) is 6.42 Å². The van der Waals surface area contributed by atoms with Gasteiger partial charge in [-0.3, -0.25) is 0 Å². The van der Waals surface area contributed by atoms with Gasteiger partial charge in [-0.2, -0.15) is 4.98 Å². The third-order valence-corrected chi connectivity index (χ3v) is 2.80. The normalized spacial score (nSPS) is 11.4. The van der Waals surface area contributed by atoms with E-state index in [1.165, 1.54) is 6.20 Å². The van der Waals surface area contributed by atoms with Crippen molar-refractivity contribution in [2.45, 2.75) is 6.42 Å². The van der Waals surface area contributed by atoms with Gasteiger partial charge in [0.25, 0.3) is 0 Å². The van der Waals surface area contributed by atoms with Crippen molar-refractivity contribution in [3.05, 3.63) is 11.2 Å². The lowest BCUT2D eigenvalue weighted by Crippen LogP contribution is -2.19. The first kappa shape index (κ1) is 12.9. The molecule has 0 saturated heterocycles. The van der Waals surface area contributed by atoms with Crippen molar-refractivity contribution in [2.75, 3.05) is 23.3 Å². The number of nitrogen functional groups attached to an aromatic ring is 1. The van der Waals surface area contributed by atoms with E-state index < -0.39 is 10.0 Å². The van der Waals surface area contributed by atoms with E-state index in [-0.39, 0.29) is 11.7 Å². The van der Waals surface area contributed by atoms with Gasteiger partial charge < -0.3 is 11.1 Å². The van der Waals surface area contributed by atoms with Crippen LogP contribution < -0.4 is 16.2 Å². The molecule has 1 rings (SSSR count). The van der Waals surface area contributed by atoms with Gasteiger partial charge in [-0.1, -0.05) is 11.6 Å². The van der Waals surface area contributed by atoms with E-state index in [0.29, 0.717) is 23.8 Å². The number of hydrogen-bond donors (Lipinski definition) is 3. The molecule has 5 N–H and O–H groups in total. The molecule has 0 spiro atoms. The van der Waals surface area contributed by atoms with Crippen LogP contribution in [0.3, 0.4) is 0 Å². The summed E-state index contributed by atoms with van der Waals surface area (Å²) in [5, 5.41) is 8.01. The molecule has 0 amide bonds. The van der Waals surface area contributed by atoms with Gasteiger partial charge in [0.2, 0.25) is 16.0 Å². The van der Waals surface area contributed by atoms with Crippen molar-refractivity contribution < 1.29 is 8.42 Å². The van der Waals surface area contributed by atoms with Crippen molar-refractivity contribution >= 4 is 33.4 Å². The number of anilines is 2. The summed E-state index contributed by atoms with van der Waals surface area (Å²) in [7, 11) is -3.43. The zero-order valence-electron chi connectivity index (χ0n) is 8.35. The summed E-state index contributed by atoms with van der Waals surface area (Å²) < 4.78 is 21.3. The van der Waals surface area contributed by atoms with Gasteiger partial charge in [0.15, 0.2) is 0 Å². The Bertz CT molecular complexity index is 464. The minimum atomic E-state index is -3.43. The van der Waals surface area contributed by atoms with Crippen molar-refractivity contribution in [3.63, 3.8) is 0 Å². The Balaban J connectivity index is 2.46. The van der Waals surface area contributed by atoms with E-state index in [4.69, 9.17) is 22.5 Å². The predicted octanol–water partition coefficient (Wildman–Crippen LogP) is -0.197. The number of aromatic nitrogens is 2. The van der Waals surface area contributed by atoms with E-state index in [9.17, 15) is 8.42 Å². The number of primary sulfonamides is 1. The molecule has 0 bridgehead atoms. The second kappa shape index (κ2) is 5.28. The summed E-state index contributed by atoms with van der Waals surface area (Å²) in [4.78, 5) is 7.54. The molecule has 90 valence electrons. The fourth-order valence-corrected chi connectivity index (χ4v) is 1.69. The van der Waals surface area contributed by atoms with Crippen LogP contribution in [0.2, 0.25) is 5.02 Å². The molecule has 9 heteroatoms. The molecule has 16 heavy (non-hydrogen) atoms. The second-order valence-corrected chi connectivity index (χ2v) is 5.21. The van der Waals surface area contributed by atoms with Gasteiger partial charge in [0.1, 0.15) is 10.8 Å². The van der Waals surface area contributed by atoms with Gasteiger partial charge in [0, 0.05) is 6.54 Å². The molecule has 0 unspecified atom stereocenters. The summed E-state index contributed by atoms with van der Waals surface area (Å²) in [6.45, 7) is 0.382. The summed E-state index contributed by atoms with van der Waals surface area (Å²) in [6.07, 6.45) is 1.73. The molecule has 1 aromatic rings. The molecule has 0 saturated carbocycles. The van der Waals surface area contributed by atoms with Crippen LogP contribution >= 0.6 is 11.6 Å². The van der Waals surface area contributed by atoms with E-state index in [2.05, 4.69) is 15.3 Å². The molecule has 0 fully saturated rings. The van der Waals surface area contributed by atoms with E-state index >= 15 is 0 Å². The number of nitrogens with two attached hydrogens (primary N) is 2. The number of rotatable bonds is 5. The Morgan fingerprint density at radius 1 is 1.50 bits per heavy atom. The van der Waals surface area contributed by atoms with Crippen molar-refractivity contribution in [3.8, 4) is 0 Å². The lowest BCUT2D eigenvalue weighted by atomic mass is 10.4. The predicted molar refractivity (Wildman–Crippen MR) is 62.5 cm³/mol. The maximum atomic E-state index is 10.6. The molecule has 0 aliphatic heterocycles. The van der Waals surface area contributed by atoms with Crippen molar-refractivity contribution in [1.29, 1.82) is 0 Å². The van der Waals surface area contributed by atoms with Crippen LogP contribution in [0.5, 0.6) is 0 Å². The summed E-state index contributed by atoms with van der Waals surface area (Å²) in [5.41, 5.74) is 5.36. The lowest BCUT2D eigenvalue weighted by Gasteiger charge is -2.06. The molecular formula is C7H12ClN5O2S. The Kier molecular flexibility index (Phi) is 4.27. The van der Waals surface area contributed by atoms with Crippen LogP contribution in [0.15, 0.2) is 6.20 Å². The van der Waals surface area contributed by atoms with E-state index in [1.54, 1.807) is 0 Å². The first-order valence-corrected chi connectivity index (χ1v) is 6.50. The molecular weight excluding hydrogens is 254 g/mol. The molecule has 0 radical (unpaired) electrons. The molecule has 0 aliphatic rings. The Morgan fingerprint density at radius 2 is 2.19 bits per heavy atom. The van der Waals surface area contributed by atoms with Crippen LogP contribution in [0.4, 0.5) is 11.8 Å². The molecule has 1 aromatic heterocycles. The smallest absolute Gasteiger partial charge is 0.222 e. The van der Waals surface area contributed by atoms with Crippen molar-refractivity contribution in [2.24, 2.45) is 5.14 Å². The highest BCUT2D eigenvalue weighted by Gasteiger charge is 2.05. The first-order valence-electron chi connectivity index (χ1n) is 4.41. The largest absolute Gasteiger partial charge is 0.369 e. The molecule has 0 aliphatic carbocycles. The van der Waals surface area contributed by atoms with Gasteiger partial charge >= 0.3 is 0 Å². The number of nitrogens with zero attached hydrogens (tertiary/aromatic N) is 2. The topological polar surface area (TPSA) is 124 Å². The van der Waals surface area contributed by atoms with E-state index in [1.807, 2.05) is 0 Å². The fraction of sp³-hybridized carbons (Fsp3) is 0.429. The van der Waals surface area contributed by atoms with E-state index in [0.717, 1.165) is 0 Å². The van der Waals surface area contributed by atoms with Crippen molar-refractivity contribution in [1.82, 2.24) is 9.97 Å². The molecule has 7 nitrogen and oxygen atoms in total. The number of hydrogen-bond acceptors (Lipinski definition) is 6. The Morgan fingerprint density at radius 3 is 2.81 bits per heavy atom. The van der Waals surface area contributed by atoms with Gasteiger partial charge in [-0.15, -0.1) is 0 Å². The lowest BCUT2D eigenvalue weighted by molar-refractivity contribution is 0.595. The van der Waals surface area contributed by atoms with Crippen LogP contribution in [0.1, 0.15) is 6.42 Å². The zero-order valence-corrected chi connectivity index (χ0v) is 9.92. The highest BCUT2D eigenvalue weighted by molar-refractivity contribution is 7.89. The summed E-state index contributed by atoms with van der Waals surface area (Å²) >= 11 is 5.78. The summed E-state index contributed by atoms with van der Waals surface area (Å²) in [6, 6.07) is 0. The average molecular weight is 266 g/mol. The monoisotopic (exact) mass is 265 g/mol. The highest BCUT2D eigenvalue weighted by Crippen LogP contribution is 2.17. The average Bonchev–Trinajstić information content (AvgIpc) is 2.16. The van der Waals surface area contributed by atoms with Crippen LogP contribution in [0, 0.1) is 0 Å². The summed E-state index contributed by atoms with van der Waals surface area (Å²) in [5.74, 6) is 0.375. The SMILES string of the molecule is Nc1ncc(Cl)c(NCCCS(N)(=O)=O)n1. The third-order valence-electron chi connectivity index (χ3n) is 1.66. The number of halogens is 1. The van der Waals surface area contributed by atoms with Crippen LogP contribution in [-0.2, 0) is 10.0 Å². The van der Waals surface area contributed by atoms with Gasteiger partial charge in [0.05, 0.1) is 11.9 Å². The molecule has 0 atom stereocenters. The quantitative estimate of drug-likeness (QED) is 0.634. The number of sulfonamides is 1. The van der Waals surface area contributed by atoms with Gasteiger partial charge in [-0.25, -0.2) is 18.5 Å². The highest BCUT2D eigenvalue weighted by atomic mass is 35.5. The van der Waals surface area contributed by atoms with Crippen LogP contribution in [-0.4, -0.2) is 30.7 Å². The standard InChI is InChI=1S/C7H12ClN5O2S/c8-5-4-12-7(9)13-6(5)11-2-1-3-16(10,14)15/h4H,1-3H2,(H2,10,14,15)(H3,9,11,12,13). The minimum Gasteiger partial charge on any atom is -0.369 e. The van der Waals surface area contributed by atoms with Crippen LogP contribution in [0.25, 0.3) is 0 Å². The third kappa shape index (κ3) is 4.60. The maximum Gasteiger partial charge on any atom is 0.222 e.